The summed E-state index contributed by atoms with van der Waals surface area (Å²) in [6.07, 6.45) is 2.68. The lowest BCUT2D eigenvalue weighted by Gasteiger charge is -2.06. The summed E-state index contributed by atoms with van der Waals surface area (Å²) in [4.78, 5) is 7.49. The maximum Gasteiger partial charge on any atom is 0.245 e. The predicted molar refractivity (Wildman–Crippen MR) is 52.9 cm³/mol. The van der Waals surface area contributed by atoms with Gasteiger partial charge in [0.25, 0.3) is 0 Å². The molecule has 15 heavy (non-hydrogen) atoms. The maximum atomic E-state index is 13.2. The molecule has 0 spiro atoms. The molecule has 0 aliphatic carbocycles. The third-order valence-electron chi connectivity index (χ3n) is 1.75. The molecule has 0 saturated carbocycles. The third-order valence-corrected chi connectivity index (χ3v) is 1.75. The van der Waals surface area contributed by atoms with Crippen LogP contribution >= 0.6 is 0 Å². The molecule has 1 heterocycles. The summed E-state index contributed by atoms with van der Waals surface area (Å²) >= 11 is 0. The highest BCUT2D eigenvalue weighted by Crippen LogP contribution is 2.25. The predicted octanol–water partition coefficient (Wildman–Crippen LogP) is 1.99. The lowest BCUT2D eigenvalue weighted by atomic mass is 10.3. The molecule has 0 radical (unpaired) electrons. The molecule has 5 heteroatoms. The van der Waals surface area contributed by atoms with Crippen molar-refractivity contribution in [2.75, 3.05) is 5.73 Å². The van der Waals surface area contributed by atoms with Crippen molar-refractivity contribution in [2.45, 2.75) is 0 Å². The zero-order chi connectivity index (χ0) is 10.7. The van der Waals surface area contributed by atoms with Gasteiger partial charge in [-0.1, -0.05) is 12.1 Å². The maximum absolute atomic E-state index is 13.2. The summed E-state index contributed by atoms with van der Waals surface area (Å²) in [5.41, 5.74) is 5.81. The molecule has 0 bridgehead atoms. The van der Waals surface area contributed by atoms with E-state index in [9.17, 15) is 4.39 Å². The fourth-order valence-corrected chi connectivity index (χ4v) is 1.05. The summed E-state index contributed by atoms with van der Waals surface area (Å²) in [5.74, 6) is -0.228. The van der Waals surface area contributed by atoms with E-state index in [1.807, 2.05) is 0 Å². The van der Waals surface area contributed by atoms with Crippen LogP contribution in [0.4, 0.5) is 10.1 Å². The molecule has 0 atom stereocenters. The first kappa shape index (κ1) is 9.39. The number of halogens is 1. The smallest absolute Gasteiger partial charge is 0.245 e. The van der Waals surface area contributed by atoms with Crippen LogP contribution in [0.1, 0.15) is 0 Å². The van der Waals surface area contributed by atoms with Gasteiger partial charge in [-0.25, -0.2) is 9.37 Å². The topological polar surface area (TPSA) is 61.0 Å². The van der Waals surface area contributed by atoms with E-state index in [2.05, 4.69) is 9.97 Å². The Morgan fingerprint density at radius 1 is 1.27 bits per heavy atom. The van der Waals surface area contributed by atoms with Crippen LogP contribution in [0.15, 0.2) is 36.8 Å². The minimum atomic E-state index is -0.462. The van der Waals surface area contributed by atoms with E-state index in [0.717, 1.165) is 0 Å². The van der Waals surface area contributed by atoms with Crippen molar-refractivity contribution in [3.8, 4) is 11.6 Å². The number of nitrogens with two attached hydrogens (primary N) is 1. The molecule has 0 amide bonds. The Kier molecular flexibility index (Phi) is 2.45. The summed E-state index contributed by atoms with van der Waals surface area (Å²) < 4.78 is 18.4. The van der Waals surface area contributed by atoms with Crippen LogP contribution in [-0.2, 0) is 0 Å². The van der Waals surface area contributed by atoms with Crippen LogP contribution < -0.4 is 10.5 Å². The second-order valence-electron chi connectivity index (χ2n) is 2.82. The lowest BCUT2D eigenvalue weighted by molar-refractivity contribution is 0.428. The number of nitrogens with zero attached hydrogens (tertiary/aromatic N) is 2. The minimum Gasteiger partial charge on any atom is -0.434 e. The number of rotatable bonds is 2. The van der Waals surface area contributed by atoms with E-state index in [0.29, 0.717) is 0 Å². The average Bonchev–Trinajstić information content (AvgIpc) is 2.24. The van der Waals surface area contributed by atoms with E-state index in [1.165, 1.54) is 24.7 Å². The number of hydrogen-bond donors (Lipinski definition) is 1. The van der Waals surface area contributed by atoms with Gasteiger partial charge in [-0.05, 0) is 12.1 Å². The van der Waals surface area contributed by atoms with Gasteiger partial charge in [-0.15, -0.1) is 0 Å². The van der Waals surface area contributed by atoms with Crippen molar-refractivity contribution >= 4 is 5.69 Å². The summed E-state index contributed by atoms with van der Waals surface area (Å²) in [7, 11) is 0. The summed E-state index contributed by atoms with van der Waals surface area (Å²) in [6, 6.07) is 6.03. The number of benzene rings is 1. The van der Waals surface area contributed by atoms with Crippen molar-refractivity contribution in [1.29, 1.82) is 0 Å². The number of anilines is 1. The average molecular weight is 205 g/mol. The number of ether oxygens (including phenoxy) is 1. The van der Waals surface area contributed by atoms with Gasteiger partial charge in [0.2, 0.25) is 5.88 Å². The van der Waals surface area contributed by atoms with Crippen LogP contribution in [0.25, 0.3) is 0 Å². The molecule has 0 unspecified atom stereocenters. The van der Waals surface area contributed by atoms with Crippen LogP contribution in [0.2, 0.25) is 0 Å². The highest BCUT2D eigenvalue weighted by atomic mass is 19.1. The SMILES string of the molecule is Nc1cncnc1Oc1ccccc1F. The first-order valence-corrected chi connectivity index (χ1v) is 4.25. The molecule has 76 valence electrons. The molecule has 4 nitrogen and oxygen atoms in total. The van der Waals surface area contributed by atoms with Crippen molar-refractivity contribution in [3.05, 3.63) is 42.6 Å². The quantitative estimate of drug-likeness (QED) is 0.814. The van der Waals surface area contributed by atoms with Gasteiger partial charge in [-0.3, -0.25) is 0 Å². The van der Waals surface area contributed by atoms with Gasteiger partial charge in [0.1, 0.15) is 12.0 Å². The highest BCUT2D eigenvalue weighted by molar-refractivity contribution is 5.46. The first-order valence-electron chi connectivity index (χ1n) is 4.25. The largest absolute Gasteiger partial charge is 0.434 e. The van der Waals surface area contributed by atoms with Crippen LogP contribution in [0.5, 0.6) is 11.6 Å². The van der Waals surface area contributed by atoms with Crippen LogP contribution in [0, 0.1) is 5.82 Å². The molecule has 2 aromatic rings. The van der Waals surface area contributed by atoms with E-state index < -0.39 is 5.82 Å². The molecule has 0 aliphatic rings. The summed E-state index contributed by atoms with van der Waals surface area (Å²) in [5, 5.41) is 0. The van der Waals surface area contributed by atoms with E-state index in [1.54, 1.807) is 12.1 Å². The normalized spacial score (nSPS) is 9.93. The number of nitrogen functional groups attached to an aromatic ring is 1. The molecule has 1 aromatic heterocycles. The monoisotopic (exact) mass is 205 g/mol. The second-order valence-corrected chi connectivity index (χ2v) is 2.82. The Morgan fingerprint density at radius 3 is 2.80 bits per heavy atom. The van der Waals surface area contributed by atoms with Gasteiger partial charge in [0, 0.05) is 0 Å². The highest BCUT2D eigenvalue weighted by Gasteiger charge is 2.06. The van der Waals surface area contributed by atoms with Crippen molar-refractivity contribution in [2.24, 2.45) is 0 Å². The van der Waals surface area contributed by atoms with E-state index in [-0.39, 0.29) is 17.3 Å². The van der Waals surface area contributed by atoms with Crippen LogP contribution in [-0.4, -0.2) is 9.97 Å². The Hall–Kier alpha value is -2.17. The van der Waals surface area contributed by atoms with Crippen molar-refractivity contribution in [3.63, 3.8) is 0 Å². The Bertz CT molecular complexity index is 432. The minimum absolute atomic E-state index is 0.0860. The Labute approximate surface area is 85.5 Å². The van der Waals surface area contributed by atoms with E-state index >= 15 is 0 Å². The zero-order valence-corrected chi connectivity index (χ0v) is 7.72. The molecule has 0 aliphatic heterocycles. The first-order chi connectivity index (χ1) is 7.27. The van der Waals surface area contributed by atoms with Crippen molar-refractivity contribution in [1.82, 2.24) is 9.97 Å². The van der Waals surface area contributed by atoms with E-state index in [4.69, 9.17) is 10.5 Å². The molecule has 2 rings (SSSR count). The fourth-order valence-electron chi connectivity index (χ4n) is 1.05. The fraction of sp³-hybridized carbons (Fsp3) is 0. The Morgan fingerprint density at radius 2 is 2.07 bits per heavy atom. The molecular weight excluding hydrogens is 197 g/mol. The van der Waals surface area contributed by atoms with Gasteiger partial charge < -0.3 is 10.5 Å². The molecular formula is C10H8FN3O. The second kappa shape index (κ2) is 3.91. The molecule has 2 N–H and O–H groups in total. The zero-order valence-electron chi connectivity index (χ0n) is 7.72. The standard InChI is InChI=1S/C10H8FN3O/c11-7-3-1-2-4-9(7)15-10-8(12)5-13-6-14-10/h1-6H,12H2. The molecule has 0 fully saturated rings. The lowest BCUT2D eigenvalue weighted by Crippen LogP contribution is -1.96. The van der Waals surface area contributed by atoms with Gasteiger partial charge in [0.15, 0.2) is 11.6 Å². The number of para-hydroxylation sites is 1. The van der Waals surface area contributed by atoms with Crippen LogP contribution in [0.3, 0.4) is 0 Å². The third kappa shape index (κ3) is 2.01. The van der Waals surface area contributed by atoms with Crippen molar-refractivity contribution < 1.29 is 9.13 Å². The molecule has 1 aromatic carbocycles. The van der Waals surface area contributed by atoms with Gasteiger partial charge >= 0.3 is 0 Å². The van der Waals surface area contributed by atoms with Gasteiger partial charge in [-0.2, -0.15) is 4.98 Å². The van der Waals surface area contributed by atoms with Gasteiger partial charge in [0.05, 0.1) is 6.20 Å². The number of aromatic nitrogens is 2. The Balaban J connectivity index is 2.30. The number of hydrogen-bond acceptors (Lipinski definition) is 4. The summed E-state index contributed by atoms with van der Waals surface area (Å²) in [6.45, 7) is 0. The molecule has 0 saturated heterocycles.